The second-order valence-electron chi connectivity index (χ2n) is 7.41. The van der Waals surface area contributed by atoms with Gasteiger partial charge in [0.15, 0.2) is 0 Å². The third kappa shape index (κ3) is 4.36. The SMILES string of the molecule is COc1ccccc1NC(=O)C1CCN(C(=O)C2CCCC(N)C2)CC1. The molecule has 1 aromatic carbocycles. The van der Waals surface area contributed by atoms with E-state index in [1.807, 2.05) is 29.2 Å². The molecule has 1 heterocycles. The first-order valence-electron chi connectivity index (χ1n) is 9.56. The third-order valence-electron chi connectivity index (χ3n) is 5.61. The normalized spacial score (nSPS) is 24.2. The Kier molecular flexibility index (Phi) is 6.14. The molecular formula is C20H29N3O3. The number of piperidine rings is 1. The Morgan fingerprint density at radius 2 is 1.85 bits per heavy atom. The lowest BCUT2D eigenvalue weighted by Gasteiger charge is -2.35. The van der Waals surface area contributed by atoms with Crippen LogP contribution in [0.1, 0.15) is 38.5 Å². The average Bonchev–Trinajstić information content (AvgIpc) is 2.68. The molecule has 6 heteroatoms. The minimum Gasteiger partial charge on any atom is -0.495 e. The highest BCUT2D eigenvalue weighted by Gasteiger charge is 2.32. The van der Waals surface area contributed by atoms with Crippen LogP contribution in [0.25, 0.3) is 0 Å². The fourth-order valence-electron chi connectivity index (χ4n) is 4.05. The number of amides is 2. The molecule has 2 fully saturated rings. The number of carbonyl (C=O) groups excluding carboxylic acids is 2. The highest BCUT2D eigenvalue weighted by Crippen LogP contribution is 2.28. The number of nitrogens with zero attached hydrogens (tertiary/aromatic N) is 1. The zero-order valence-electron chi connectivity index (χ0n) is 15.4. The molecule has 0 spiro atoms. The molecular weight excluding hydrogens is 330 g/mol. The van der Waals surface area contributed by atoms with Crippen LogP contribution >= 0.6 is 0 Å². The van der Waals surface area contributed by atoms with Crippen LogP contribution in [0.5, 0.6) is 5.75 Å². The molecule has 3 N–H and O–H groups in total. The monoisotopic (exact) mass is 359 g/mol. The molecule has 142 valence electrons. The Morgan fingerprint density at radius 1 is 1.12 bits per heavy atom. The number of hydrogen-bond acceptors (Lipinski definition) is 4. The molecule has 6 nitrogen and oxygen atoms in total. The Bertz CT molecular complexity index is 641. The molecule has 0 bridgehead atoms. The minimum atomic E-state index is -0.0717. The van der Waals surface area contributed by atoms with Crippen molar-refractivity contribution in [2.24, 2.45) is 17.6 Å². The van der Waals surface area contributed by atoms with Crippen LogP contribution in [-0.2, 0) is 9.59 Å². The van der Waals surface area contributed by atoms with Gasteiger partial charge in [0.25, 0.3) is 0 Å². The van der Waals surface area contributed by atoms with Gasteiger partial charge in [0, 0.05) is 31.0 Å². The molecule has 1 aromatic rings. The van der Waals surface area contributed by atoms with Crippen LogP contribution in [-0.4, -0.2) is 43.0 Å². The number of benzene rings is 1. The summed E-state index contributed by atoms with van der Waals surface area (Å²) in [6.07, 6.45) is 5.20. The van der Waals surface area contributed by atoms with Gasteiger partial charge in [0.1, 0.15) is 5.75 Å². The van der Waals surface area contributed by atoms with E-state index in [4.69, 9.17) is 10.5 Å². The van der Waals surface area contributed by atoms with Crippen molar-refractivity contribution in [3.8, 4) is 5.75 Å². The van der Waals surface area contributed by atoms with Crippen molar-refractivity contribution < 1.29 is 14.3 Å². The molecule has 2 aliphatic rings. The Morgan fingerprint density at radius 3 is 2.54 bits per heavy atom. The standard InChI is InChI=1S/C20H29N3O3/c1-26-18-8-3-2-7-17(18)22-19(24)14-9-11-23(12-10-14)20(25)15-5-4-6-16(21)13-15/h2-3,7-8,14-16H,4-6,9-13,21H2,1H3,(H,22,24). The topological polar surface area (TPSA) is 84.7 Å². The van der Waals surface area contributed by atoms with Gasteiger partial charge in [-0.05, 0) is 44.2 Å². The number of likely N-dealkylation sites (tertiary alicyclic amines) is 1. The third-order valence-corrected chi connectivity index (χ3v) is 5.61. The molecule has 0 radical (unpaired) electrons. The maximum atomic E-state index is 12.7. The van der Waals surface area contributed by atoms with E-state index in [2.05, 4.69) is 5.32 Å². The van der Waals surface area contributed by atoms with Gasteiger partial charge in [-0.1, -0.05) is 18.6 Å². The van der Waals surface area contributed by atoms with E-state index in [9.17, 15) is 9.59 Å². The summed E-state index contributed by atoms with van der Waals surface area (Å²) in [6.45, 7) is 1.29. The fraction of sp³-hybridized carbons (Fsp3) is 0.600. The van der Waals surface area contributed by atoms with Gasteiger partial charge in [0.05, 0.1) is 12.8 Å². The zero-order chi connectivity index (χ0) is 18.5. The van der Waals surface area contributed by atoms with Crippen molar-refractivity contribution in [2.45, 2.75) is 44.6 Å². The lowest BCUT2D eigenvalue weighted by atomic mass is 9.84. The van der Waals surface area contributed by atoms with E-state index < -0.39 is 0 Å². The van der Waals surface area contributed by atoms with Crippen LogP contribution in [0.3, 0.4) is 0 Å². The van der Waals surface area contributed by atoms with E-state index in [1.165, 1.54) is 0 Å². The van der Waals surface area contributed by atoms with E-state index in [1.54, 1.807) is 7.11 Å². The summed E-state index contributed by atoms with van der Waals surface area (Å²) in [7, 11) is 1.59. The van der Waals surface area contributed by atoms with E-state index in [0.29, 0.717) is 37.4 Å². The number of para-hydroxylation sites is 2. The zero-order valence-corrected chi connectivity index (χ0v) is 15.4. The van der Waals surface area contributed by atoms with Gasteiger partial charge in [0.2, 0.25) is 11.8 Å². The first-order chi connectivity index (χ1) is 12.6. The Balaban J connectivity index is 1.51. The molecule has 1 aliphatic heterocycles. The van der Waals surface area contributed by atoms with Crippen molar-refractivity contribution in [1.29, 1.82) is 0 Å². The quantitative estimate of drug-likeness (QED) is 0.864. The molecule has 26 heavy (non-hydrogen) atoms. The van der Waals surface area contributed by atoms with Gasteiger partial charge in [-0.25, -0.2) is 0 Å². The van der Waals surface area contributed by atoms with Gasteiger partial charge < -0.3 is 20.7 Å². The van der Waals surface area contributed by atoms with Crippen molar-refractivity contribution >= 4 is 17.5 Å². The summed E-state index contributed by atoms with van der Waals surface area (Å²) in [5.74, 6) is 0.877. The van der Waals surface area contributed by atoms with Crippen LogP contribution in [0.2, 0.25) is 0 Å². The molecule has 0 aromatic heterocycles. The van der Waals surface area contributed by atoms with Gasteiger partial charge in [-0.15, -0.1) is 0 Å². The van der Waals surface area contributed by atoms with Gasteiger partial charge in [-0.3, -0.25) is 9.59 Å². The number of anilines is 1. The molecule has 2 amide bonds. The number of ether oxygens (including phenoxy) is 1. The maximum absolute atomic E-state index is 12.7. The number of nitrogens with one attached hydrogen (secondary N) is 1. The molecule has 3 rings (SSSR count). The summed E-state index contributed by atoms with van der Waals surface area (Å²) in [4.78, 5) is 27.2. The van der Waals surface area contributed by atoms with Crippen LogP contribution < -0.4 is 15.8 Å². The largest absolute Gasteiger partial charge is 0.495 e. The smallest absolute Gasteiger partial charge is 0.227 e. The minimum absolute atomic E-state index is 0.00119. The van der Waals surface area contributed by atoms with Crippen LogP contribution in [0.15, 0.2) is 24.3 Å². The average molecular weight is 359 g/mol. The molecule has 1 aliphatic carbocycles. The predicted molar refractivity (Wildman–Crippen MR) is 101 cm³/mol. The number of carbonyl (C=O) groups is 2. The first kappa shape index (κ1) is 18.7. The number of methoxy groups -OCH3 is 1. The number of nitrogens with two attached hydrogens (primary N) is 1. The molecule has 2 atom stereocenters. The van der Waals surface area contributed by atoms with Gasteiger partial charge in [-0.2, -0.15) is 0 Å². The Hall–Kier alpha value is -2.08. The summed E-state index contributed by atoms with van der Waals surface area (Å²) in [5, 5.41) is 2.96. The summed E-state index contributed by atoms with van der Waals surface area (Å²) < 4.78 is 5.28. The highest BCUT2D eigenvalue weighted by atomic mass is 16.5. The second-order valence-corrected chi connectivity index (χ2v) is 7.41. The second kappa shape index (κ2) is 8.54. The molecule has 2 unspecified atom stereocenters. The van der Waals surface area contributed by atoms with Crippen molar-refractivity contribution in [2.75, 3.05) is 25.5 Å². The van der Waals surface area contributed by atoms with Crippen molar-refractivity contribution in [3.05, 3.63) is 24.3 Å². The van der Waals surface area contributed by atoms with Crippen molar-refractivity contribution in [1.82, 2.24) is 4.90 Å². The lowest BCUT2D eigenvalue weighted by molar-refractivity contribution is -0.139. The van der Waals surface area contributed by atoms with Crippen LogP contribution in [0, 0.1) is 11.8 Å². The summed E-state index contributed by atoms with van der Waals surface area (Å²) in [6, 6.07) is 7.55. The maximum Gasteiger partial charge on any atom is 0.227 e. The van der Waals surface area contributed by atoms with E-state index in [0.717, 1.165) is 25.7 Å². The van der Waals surface area contributed by atoms with Gasteiger partial charge >= 0.3 is 0 Å². The summed E-state index contributed by atoms with van der Waals surface area (Å²) in [5.41, 5.74) is 6.71. The van der Waals surface area contributed by atoms with Crippen molar-refractivity contribution in [3.63, 3.8) is 0 Å². The first-order valence-corrected chi connectivity index (χ1v) is 9.56. The van der Waals surface area contributed by atoms with E-state index in [-0.39, 0.29) is 29.7 Å². The lowest BCUT2D eigenvalue weighted by Crippen LogP contribution is -2.45. The number of rotatable bonds is 4. The number of hydrogen-bond donors (Lipinski definition) is 2. The van der Waals surface area contributed by atoms with Crippen LogP contribution in [0.4, 0.5) is 5.69 Å². The van der Waals surface area contributed by atoms with E-state index >= 15 is 0 Å². The molecule has 1 saturated heterocycles. The Labute approximate surface area is 155 Å². The predicted octanol–water partition coefficient (Wildman–Crippen LogP) is 2.39. The highest BCUT2D eigenvalue weighted by molar-refractivity contribution is 5.94. The molecule has 1 saturated carbocycles. The summed E-state index contributed by atoms with van der Waals surface area (Å²) >= 11 is 0. The fourth-order valence-corrected chi connectivity index (χ4v) is 4.05.